The molecule has 1 amide bonds. The number of fused-ring (bicyclic) bond motifs is 1. The molecule has 7 nitrogen and oxygen atoms in total. The lowest BCUT2D eigenvalue weighted by Crippen LogP contribution is -2.23. The lowest BCUT2D eigenvalue weighted by molar-refractivity contribution is -0.122. The van der Waals surface area contributed by atoms with Gasteiger partial charge in [0.25, 0.3) is 0 Å². The highest BCUT2D eigenvalue weighted by Crippen LogP contribution is 2.26. The van der Waals surface area contributed by atoms with Crippen LogP contribution >= 0.6 is 15.9 Å². The van der Waals surface area contributed by atoms with Gasteiger partial charge in [-0.1, -0.05) is 15.9 Å². The van der Waals surface area contributed by atoms with Crippen molar-refractivity contribution in [3.8, 4) is 0 Å². The van der Waals surface area contributed by atoms with E-state index in [-0.39, 0.29) is 18.9 Å². The van der Waals surface area contributed by atoms with Crippen LogP contribution in [0.4, 0.5) is 0 Å². The van der Waals surface area contributed by atoms with E-state index in [1.165, 1.54) is 0 Å². The second-order valence-electron chi connectivity index (χ2n) is 4.09. The number of aromatic amines is 2. The second kappa shape index (κ2) is 5.55. The predicted molar refractivity (Wildman–Crippen MR) is 73.6 cm³/mol. The number of hydrogen-bond acceptors (Lipinski definition) is 4. The molecule has 0 saturated heterocycles. The van der Waals surface area contributed by atoms with Gasteiger partial charge in [0.1, 0.15) is 6.61 Å². The molecule has 1 atom stereocenters. The molecule has 0 saturated carbocycles. The third kappa shape index (κ3) is 3.22. The molecule has 1 heterocycles. The SMILES string of the molecule is NC(=O)COCC(N)c1cc2[nH]c(=O)[nH]c2cc1Br. The Hall–Kier alpha value is -1.64. The molecule has 8 heteroatoms. The van der Waals surface area contributed by atoms with E-state index in [1.54, 1.807) is 12.1 Å². The van der Waals surface area contributed by atoms with Crippen LogP contribution in [0.1, 0.15) is 11.6 Å². The molecule has 0 aliphatic heterocycles. The van der Waals surface area contributed by atoms with E-state index >= 15 is 0 Å². The third-order valence-electron chi connectivity index (χ3n) is 2.57. The molecule has 1 unspecified atom stereocenters. The third-order valence-corrected chi connectivity index (χ3v) is 3.26. The van der Waals surface area contributed by atoms with Crippen molar-refractivity contribution >= 4 is 32.9 Å². The molecule has 2 rings (SSSR count). The zero-order valence-electron chi connectivity index (χ0n) is 9.90. The summed E-state index contributed by atoms with van der Waals surface area (Å²) >= 11 is 3.39. The van der Waals surface area contributed by atoms with Crippen molar-refractivity contribution in [1.82, 2.24) is 9.97 Å². The minimum absolute atomic E-state index is 0.154. The number of halogens is 1. The van der Waals surface area contributed by atoms with Gasteiger partial charge in [-0.25, -0.2) is 4.79 Å². The average Bonchev–Trinajstić information content (AvgIpc) is 2.66. The predicted octanol–water partition coefficient (Wildman–Crippen LogP) is 0.120. The quantitative estimate of drug-likeness (QED) is 0.621. The number of hydrogen-bond donors (Lipinski definition) is 4. The molecule has 0 bridgehead atoms. The van der Waals surface area contributed by atoms with Crippen molar-refractivity contribution in [2.45, 2.75) is 6.04 Å². The Bertz CT molecular complexity index is 663. The minimum atomic E-state index is -0.545. The van der Waals surface area contributed by atoms with Crippen molar-refractivity contribution in [2.24, 2.45) is 11.5 Å². The average molecular weight is 329 g/mol. The number of benzene rings is 1. The number of aromatic nitrogens is 2. The van der Waals surface area contributed by atoms with Crippen molar-refractivity contribution in [1.29, 1.82) is 0 Å². The van der Waals surface area contributed by atoms with Gasteiger partial charge in [0, 0.05) is 4.47 Å². The summed E-state index contributed by atoms with van der Waals surface area (Å²) in [6.07, 6.45) is 0. The number of nitrogens with two attached hydrogens (primary N) is 2. The maximum atomic E-state index is 11.2. The van der Waals surface area contributed by atoms with Gasteiger partial charge in [0.2, 0.25) is 5.91 Å². The number of nitrogens with one attached hydrogen (secondary N) is 2. The highest BCUT2D eigenvalue weighted by atomic mass is 79.9. The molecule has 0 aliphatic carbocycles. The molecule has 0 radical (unpaired) electrons. The summed E-state index contributed by atoms with van der Waals surface area (Å²) in [5, 5.41) is 0. The number of ether oxygens (including phenoxy) is 1. The van der Waals surface area contributed by atoms with E-state index < -0.39 is 11.9 Å². The lowest BCUT2D eigenvalue weighted by Gasteiger charge is -2.13. The summed E-state index contributed by atoms with van der Waals surface area (Å²) in [5.74, 6) is -0.545. The van der Waals surface area contributed by atoms with Gasteiger partial charge in [-0.15, -0.1) is 0 Å². The molecule has 19 heavy (non-hydrogen) atoms. The van der Waals surface area contributed by atoms with E-state index in [9.17, 15) is 9.59 Å². The summed E-state index contributed by atoms with van der Waals surface area (Å²) in [4.78, 5) is 27.1. The minimum Gasteiger partial charge on any atom is -0.370 e. The summed E-state index contributed by atoms with van der Waals surface area (Å²) < 4.78 is 5.84. The Balaban J connectivity index is 2.20. The van der Waals surface area contributed by atoms with Gasteiger partial charge in [-0.3, -0.25) is 4.79 Å². The van der Waals surface area contributed by atoms with Crippen LogP contribution in [-0.2, 0) is 9.53 Å². The molecule has 1 aromatic heterocycles. The van der Waals surface area contributed by atoms with Crippen LogP contribution in [0, 0.1) is 0 Å². The number of carbonyl (C=O) groups is 1. The smallest absolute Gasteiger partial charge is 0.323 e. The fraction of sp³-hybridized carbons (Fsp3) is 0.273. The van der Waals surface area contributed by atoms with Crippen LogP contribution < -0.4 is 17.2 Å². The fourth-order valence-electron chi connectivity index (χ4n) is 1.73. The number of carbonyl (C=O) groups excluding carboxylic acids is 1. The summed E-state index contributed by atoms with van der Waals surface area (Å²) in [6, 6.07) is 3.09. The lowest BCUT2D eigenvalue weighted by atomic mass is 10.1. The first kappa shape index (κ1) is 13.8. The largest absolute Gasteiger partial charge is 0.370 e. The van der Waals surface area contributed by atoms with Crippen molar-refractivity contribution < 1.29 is 9.53 Å². The van der Waals surface area contributed by atoms with Crippen molar-refractivity contribution in [3.63, 3.8) is 0 Å². The van der Waals surface area contributed by atoms with Crippen LogP contribution in [0.3, 0.4) is 0 Å². The van der Waals surface area contributed by atoms with Crippen molar-refractivity contribution in [2.75, 3.05) is 13.2 Å². The molecule has 0 aliphatic rings. The summed E-state index contributed by atoms with van der Waals surface area (Å²) in [6.45, 7) is -0.0176. The van der Waals surface area contributed by atoms with Crippen LogP contribution in [0.2, 0.25) is 0 Å². The molecule has 1 aromatic carbocycles. The zero-order valence-corrected chi connectivity index (χ0v) is 11.5. The van der Waals surface area contributed by atoms with Gasteiger partial charge < -0.3 is 26.2 Å². The van der Waals surface area contributed by atoms with Gasteiger partial charge in [0.05, 0.1) is 23.7 Å². The Morgan fingerprint density at radius 2 is 2.00 bits per heavy atom. The monoisotopic (exact) mass is 328 g/mol. The highest BCUT2D eigenvalue weighted by molar-refractivity contribution is 9.10. The van der Waals surface area contributed by atoms with Crippen molar-refractivity contribution in [3.05, 3.63) is 32.7 Å². The Kier molecular flexibility index (Phi) is 4.03. The molecular formula is C11H13BrN4O3. The first-order valence-corrected chi connectivity index (χ1v) is 6.29. The second-order valence-corrected chi connectivity index (χ2v) is 4.94. The Morgan fingerprint density at radius 1 is 1.37 bits per heavy atom. The molecular weight excluding hydrogens is 316 g/mol. The normalized spacial score (nSPS) is 12.7. The number of amides is 1. The van der Waals surface area contributed by atoms with Gasteiger partial charge >= 0.3 is 5.69 Å². The number of primary amides is 1. The summed E-state index contributed by atoms with van der Waals surface area (Å²) in [5.41, 5.74) is 12.8. The van der Waals surface area contributed by atoms with E-state index in [0.29, 0.717) is 11.0 Å². The first-order chi connectivity index (χ1) is 8.97. The van der Waals surface area contributed by atoms with Crippen LogP contribution in [0.5, 0.6) is 0 Å². The number of rotatable bonds is 5. The molecule has 102 valence electrons. The van der Waals surface area contributed by atoms with E-state index in [1.807, 2.05) is 0 Å². The Labute approximate surface area is 116 Å². The maximum absolute atomic E-state index is 11.2. The summed E-state index contributed by atoms with van der Waals surface area (Å²) in [7, 11) is 0. The van der Waals surface area contributed by atoms with E-state index in [0.717, 1.165) is 10.0 Å². The van der Waals surface area contributed by atoms with Gasteiger partial charge in [-0.05, 0) is 17.7 Å². The van der Waals surface area contributed by atoms with Crippen LogP contribution in [-0.4, -0.2) is 29.1 Å². The van der Waals surface area contributed by atoms with Crippen LogP contribution in [0.15, 0.2) is 21.4 Å². The zero-order chi connectivity index (χ0) is 14.0. The van der Waals surface area contributed by atoms with E-state index in [2.05, 4.69) is 25.9 Å². The molecule has 2 aromatic rings. The Morgan fingerprint density at radius 3 is 2.63 bits per heavy atom. The molecule has 0 fully saturated rings. The highest BCUT2D eigenvalue weighted by Gasteiger charge is 2.13. The molecule has 6 N–H and O–H groups in total. The number of imidazole rings is 1. The fourth-order valence-corrected chi connectivity index (χ4v) is 2.37. The molecule has 0 spiro atoms. The first-order valence-electron chi connectivity index (χ1n) is 5.50. The van der Waals surface area contributed by atoms with E-state index in [4.69, 9.17) is 16.2 Å². The topological polar surface area (TPSA) is 127 Å². The maximum Gasteiger partial charge on any atom is 0.323 e. The van der Waals surface area contributed by atoms with Gasteiger partial charge in [-0.2, -0.15) is 0 Å². The standard InChI is InChI=1S/C11H13BrN4O3/c12-6-2-9-8(15-11(18)16-9)1-5(6)7(13)3-19-4-10(14)17/h1-2,7H,3-4,13H2,(H2,14,17)(H2,15,16,18). The van der Waals surface area contributed by atoms with Gasteiger partial charge in [0.15, 0.2) is 0 Å². The number of H-pyrrole nitrogens is 2. The van der Waals surface area contributed by atoms with Crippen LogP contribution in [0.25, 0.3) is 11.0 Å².